The van der Waals surface area contributed by atoms with Crippen molar-refractivity contribution in [3.05, 3.63) is 67.1 Å². The molecular formula is C13H10ClN3O4. The molecule has 1 aromatic heterocycles. The van der Waals surface area contributed by atoms with Crippen LogP contribution in [-0.2, 0) is 0 Å². The van der Waals surface area contributed by atoms with Crippen LogP contribution in [0.25, 0.3) is 0 Å². The molecule has 108 valence electrons. The van der Waals surface area contributed by atoms with E-state index in [4.69, 9.17) is 11.6 Å². The molecule has 0 spiro atoms. The van der Waals surface area contributed by atoms with Crippen molar-refractivity contribution in [3.8, 4) is 0 Å². The Hall–Kier alpha value is -2.67. The minimum absolute atomic E-state index is 0.0770. The van der Waals surface area contributed by atoms with Crippen LogP contribution in [0.2, 0.25) is 5.02 Å². The fourth-order valence-electron chi connectivity index (χ4n) is 1.72. The van der Waals surface area contributed by atoms with Crippen LogP contribution < -0.4 is 10.9 Å². The van der Waals surface area contributed by atoms with Crippen LogP contribution in [0, 0.1) is 17.0 Å². The first kappa shape index (κ1) is 14.7. The van der Waals surface area contributed by atoms with Gasteiger partial charge in [0.05, 0.1) is 4.92 Å². The highest BCUT2D eigenvalue weighted by atomic mass is 35.5. The molecule has 0 saturated heterocycles. The molecule has 0 atom stereocenters. The normalized spacial score (nSPS) is 10.2. The van der Waals surface area contributed by atoms with Crippen molar-refractivity contribution in [3.63, 3.8) is 0 Å². The van der Waals surface area contributed by atoms with E-state index in [-0.39, 0.29) is 16.3 Å². The lowest BCUT2D eigenvalue weighted by molar-refractivity contribution is -0.384. The highest BCUT2D eigenvalue weighted by molar-refractivity contribution is 6.33. The number of nitro groups is 1. The summed E-state index contributed by atoms with van der Waals surface area (Å²) in [5.74, 6) is -0.505. The minimum atomic E-state index is -0.600. The van der Waals surface area contributed by atoms with Gasteiger partial charge in [-0.3, -0.25) is 19.7 Å². The lowest BCUT2D eigenvalue weighted by Gasteiger charge is -2.09. The molecule has 8 heteroatoms. The first-order valence-corrected chi connectivity index (χ1v) is 6.21. The van der Waals surface area contributed by atoms with Gasteiger partial charge in [0.1, 0.15) is 5.02 Å². The zero-order chi connectivity index (χ0) is 15.6. The average molecular weight is 308 g/mol. The summed E-state index contributed by atoms with van der Waals surface area (Å²) in [6.45, 7) is 1.61. The Labute approximate surface area is 123 Å². The summed E-state index contributed by atoms with van der Waals surface area (Å²) in [4.78, 5) is 35.7. The number of aromatic nitrogens is 1. The molecule has 0 aliphatic carbocycles. The van der Waals surface area contributed by atoms with E-state index in [2.05, 4.69) is 10.3 Å². The monoisotopic (exact) mass is 307 g/mol. The Morgan fingerprint density at radius 3 is 2.71 bits per heavy atom. The molecule has 1 heterocycles. The number of nitrogens with zero attached hydrogens (tertiary/aromatic N) is 1. The summed E-state index contributed by atoms with van der Waals surface area (Å²) in [7, 11) is 0. The minimum Gasteiger partial charge on any atom is -0.329 e. The third-order valence-corrected chi connectivity index (χ3v) is 3.08. The maximum atomic E-state index is 12.0. The third-order valence-electron chi connectivity index (χ3n) is 2.78. The second-order valence-electron chi connectivity index (χ2n) is 4.27. The van der Waals surface area contributed by atoms with Crippen LogP contribution >= 0.6 is 11.6 Å². The van der Waals surface area contributed by atoms with E-state index in [1.807, 2.05) is 0 Å². The smallest absolute Gasteiger partial charge is 0.288 e. The van der Waals surface area contributed by atoms with Crippen LogP contribution in [0.15, 0.2) is 35.3 Å². The largest absolute Gasteiger partial charge is 0.329 e. The fraction of sp³-hybridized carbons (Fsp3) is 0.0769. The molecule has 0 saturated carbocycles. The van der Waals surface area contributed by atoms with E-state index < -0.39 is 16.4 Å². The molecule has 1 amide bonds. The Morgan fingerprint density at radius 1 is 1.38 bits per heavy atom. The van der Waals surface area contributed by atoms with E-state index in [1.54, 1.807) is 6.92 Å². The SMILES string of the molecule is Cc1cc([N+](=O)[O-])c(Cl)cc1NC(=O)c1cc[nH]c(=O)c1. The Kier molecular flexibility index (Phi) is 4.04. The molecule has 2 N–H and O–H groups in total. The van der Waals surface area contributed by atoms with Crippen LogP contribution in [0.5, 0.6) is 0 Å². The molecule has 7 nitrogen and oxygen atoms in total. The van der Waals surface area contributed by atoms with E-state index in [1.165, 1.54) is 24.4 Å². The molecule has 21 heavy (non-hydrogen) atoms. The predicted molar refractivity (Wildman–Crippen MR) is 77.9 cm³/mol. The van der Waals surface area contributed by atoms with Gasteiger partial charge in [-0.2, -0.15) is 0 Å². The quantitative estimate of drug-likeness (QED) is 0.671. The van der Waals surface area contributed by atoms with Crippen molar-refractivity contribution in [2.24, 2.45) is 0 Å². The first-order valence-electron chi connectivity index (χ1n) is 5.83. The fourth-order valence-corrected chi connectivity index (χ4v) is 1.95. The van der Waals surface area contributed by atoms with Gasteiger partial charge >= 0.3 is 0 Å². The number of nitrogens with one attached hydrogen (secondary N) is 2. The van der Waals surface area contributed by atoms with Crippen LogP contribution in [0.1, 0.15) is 15.9 Å². The molecule has 2 aromatic rings. The van der Waals surface area contributed by atoms with E-state index in [0.29, 0.717) is 11.3 Å². The molecule has 0 aliphatic rings. The van der Waals surface area contributed by atoms with E-state index in [0.717, 1.165) is 6.07 Å². The van der Waals surface area contributed by atoms with Crippen molar-refractivity contribution in [1.29, 1.82) is 0 Å². The number of nitro benzene ring substituents is 1. The Balaban J connectivity index is 2.32. The van der Waals surface area contributed by atoms with Gasteiger partial charge in [-0.05, 0) is 24.6 Å². The number of H-pyrrole nitrogens is 1. The number of pyridine rings is 1. The summed E-state index contributed by atoms with van der Waals surface area (Å²) in [5.41, 5.74) is 0.372. The number of aromatic amines is 1. The number of carbonyl (C=O) groups is 1. The summed E-state index contributed by atoms with van der Waals surface area (Å²) in [5, 5.41) is 13.2. The summed E-state index contributed by atoms with van der Waals surface area (Å²) >= 11 is 5.80. The van der Waals surface area contributed by atoms with Gasteiger partial charge < -0.3 is 10.3 Å². The van der Waals surface area contributed by atoms with E-state index >= 15 is 0 Å². The highest BCUT2D eigenvalue weighted by Crippen LogP contribution is 2.30. The number of anilines is 1. The Bertz CT molecular complexity index is 785. The number of amides is 1. The van der Waals surface area contributed by atoms with Crippen LogP contribution in [-0.4, -0.2) is 15.8 Å². The number of hydrogen-bond donors (Lipinski definition) is 2. The second kappa shape index (κ2) is 5.76. The number of benzene rings is 1. The zero-order valence-electron chi connectivity index (χ0n) is 10.8. The zero-order valence-corrected chi connectivity index (χ0v) is 11.6. The lowest BCUT2D eigenvalue weighted by Crippen LogP contribution is -2.16. The number of hydrogen-bond acceptors (Lipinski definition) is 4. The van der Waals surface area contributed by atoms with Crippen molar-refractivity contribution < 1.29 is 9.72 Å². The Morgan fingerprint density at radius 2 is 2.10 bits per heavy atom. The topological polar surface area (TPSA) is 105 Å². The van der Waals surface area contributed by atoms with Gasteiger partial charge in [-0.1, -0.05) is 11.6 Å². The van der Waals surface area contributed by atoms with Crippen LogP contribution in [0.4, 0.5) is 11.4 Å². The first-order chi connectivity index (χ1) is 9.88. The summed E-state index contributed by atoms with van der Waals surface area (Å²) < 4.78 is 0. The predicted octanol–water partition coefficient (Wildman–Crippen LogP) is 2.50. The van der Waals surface area contributed by atoms with Crippen molar-refractivity contribution in [2.75, 3.05) is 5.32 Å². The second-order valence-corrected chi connectivity index (χ2v) is 4.68. The van der Waals surface area contributed by atoms with Gasteiger partial charge in [0.2, 0.25) is 5.56 Å². The number of carbonyl (C=O) groups excluding carboxylic acids is 1. The number of rotatable bonds is 3. The maximum Gasteiger partial charge on any atom is 0.288 e. The number of aryl methyl sites for hydroxylation is 1. The number of halogens is 1. The van der Waals surface area contributed by atoms with Gasteiger partial charge in [-0.25, -0.2) is 0 Å². The molecule has 0 unspecified atom stereocenters. The third kappa shape index (κ3) is 3.26. The maximum absolute atomic E-state index is 12.0. The van der Waals surface area contributed by atoms with Crippen LogP contribution in [0.3, 0.4) is 0 Å². The highest BCUT2D eigenvalue weighted by Gasteiger charge is 2.16. The molecular weight excluding hydrogens is 298 g/mol. The van der Waals surface area contributed by atoms with E-state index in [9.17, 15) is 19.7 Å². The molecule has 0 aliphatic heterocycles. The molecule has 0 radical (unpaired) electrons. The lowest BCUT2D eigenvalue weighted by atomic mass is 10.1. The van der Waals surface area contributed by atoms with Gasteiger partial charge in [0.15, 0.2) is 0 Å². The van der Waals surface area contributed by atoms with Gasteiger partial charge in [-0.15, -0.1) is 0 Å². The summed E-state index contributed by atoms with van der Waals surface area (Å²) in [6.07, 6.45) is 1.35. The average Bonchev–Trinajstić information content (AvgIpc) is 2.42. The summed E-state index contributed by atoms with van der Waals surface area (Å²) in [6, 6.07) is 5.17. The van der Waals surface area contributed by atoms with Crippen molar-refractivity contribution in [2.45, 2.75) is 6.92 Å². The molecule has 0 bridgehead atoms. The van der Waals surface area contributed by atoms with Gasteiger partial charge in [0, 0.05) is 29.6 Å². The van der Waals surface area contributed by atoms with Gasteiger partial charge in [0.25, 0.3) is 11.6 Å². The standard InChI is InChI=1S/C13H10ClN3O4/c1-7-4-11(17(20)21)9(14)6-10(7)16-13(19)8-2-3-15-12(18)5-8/h2-6H,1H3,(H,15,18)(H,16,19). The van der Waals surface area contributed by atoms with Crippen molar-refractivity contribution >= 4 is 28.9 Å². The molecule has 0 fully saturated rings. The molecule has 1 aromatic carbocycles. The molecule has 2 rings (SSSR count). The van der Waals surface area contributed by atoms with Crippen molar-refractivity contribution in [1.82, 2.24) is 4.98 Å².